The molecule has 5 rings (SSSR count). The van der Waals surface area contributed by atoms with Crippen molar-refractivity contribution in [1.82, 2.24) is 9.97 Å². The number of carbonyl (C=O) groups is 2. The van der Waals surface area contributed by atoms with E-state index in [1.807, 2.05) is 89.2 Å². The van der Waals surface area contributed by atoms with Crippen LogP contribution in [0, 0.1) is 6.92 Å². The Kier molecular flexibility index (Phi) is 10.4. The smallest absolute Gasteiger partial charge is 0.352 e. The molecular weight excluding hydrogens is 590 g/mol. The first kappa shape index (κ1) is 33.4. The van der Waals surface area contributed by atoms with Gasteiger partial charge in [0.2, 0.25) is 11.9 Å². The van der Waals surface area contributed by atoms with Gasteiger partial charge >= 0.3 is 17.6 Å². The zero-order chi connectivity index (χ0) is 33.6. The van der Waals surface area contributed by atoms with Gasteiger partial charge in [-0.3, -0.25) is 0 Å². The van der Waals surface area contributed by atoms with Gasteiger partial charge in [0.05, 0.1) is 0 Å². The molecule has 3 aromatic carbocycles. The van der Waals surface area contributed by atoms with Gasteiger partial charge in [0.1, 0.15) is 35.2 Å². The second-order valence-corrected chi connectivity index (χ2v) is 12.8. The highest BCUT2D eigenvalue weighted by atomic mass is 16.6. The Morgan fingerprint density at radius 3 is 2.40 bits per heavy atom. The van der Waals surface area contributed by atoms with E-state index in [0.717, 1.165) is 69.6 Å². The highest BCUT2D eigenvalue weighted by molar-refractivity contribution is 5.94. The fraction of sp³-hybridized carbons (Fsp3) is 0.333. The lowest BCUT2D eigenvalue weighted by Gasteiger charge is -2.25. The number of aromatic amines is 2. The Morgan fingerprint density at radius 1 is 0.936 bits per heavy atom. The van der Waals surface area contributed by atoms with Crippen molar-refractivity contribution >= 4 is 23.1 Å². The van der Waals surface area contributed by atoms with E-state index in [0.29, 0.717) is 17.7 Å². The zero-order valence-electron chi connectivity index (χ0n) is 28.1. The van der Waals surface area contributed by atoms with Gasteiger partial charge in [-0.1, -0.05) is 87.0 Å². The lowest BCUT2D eigenvalue weighted by Crippen LogP contribution is -2.30. The third-order valence-electron chi connectivity index (χ3n) is 7.82. The van der Waals surface area contributed by atoms with Gasteiger partial charge in [0.25, 0.3) is 0 Å². The number of nitrogens with one attached hydrogen (secondary N) is 2. The number of hydrogen-bond acceptors (Lipinski definition) is 6. The van der Waals surface area contributed by atoms with Crippen molar-refractivity contribution in [2.75, 3.05) is 0 Å². The number of aromatic nitrogens is 3. The number of benzene rings is 3. The first-order valence-electron chi connectivity index (χ1n) is 16.3. The molecule has 8 heteroatoms. The van der Waals surface area contributed by atoms with Crippen molar-refractivity contribution < 1.29 is 28.8 Å². The normalized spacial score (nSPS) is 12.1. The van der Waals surface area contributed by atoms with Crippen LogP contribution in [-0.4, -0.2) is 27.5 Å². The number of hydrogen-bond donors (Lipinski definition) is 1. The van der Waals surface area contributed by atoms with Gasteiger partial charge in [0, 0.05) is 12.0 Å². The van der Waals surface area contributed by atoms with Gasteiger partial charge in [-0.2, -0.15) is 0 Å². The molecule has 2 heterocycles. The van der Waals surface area contributed by atoms with E-state index < -0.39 is 23.6 Å². The predicted molar refractivity (Wildman–Crippen MR) is 181 cm³/mol. The minimum atomic E-state index is -0.881. The molecule has 0 radical (unpaired) electrons. The van der Waals surface area contributed by atoms with Crippen LogP contribution in [-0.2, 0) is 40.1 Å². The average molecular weight is 635 g/mol. The molecule has 0 aliphatic heterocycles. The summed E-state index contributed by atoms with van der Waals surface area (Å²) in [7, 11) is 0. The molecule has 2 N–H and O–H groups in total. The monoisotopic (exact) mass is 634 g/mol. The molecule has 0 amide bonds. The number of carbonyl (C=O) groups excluding carboxylic acids is 2. The molecule has 2 aromatic heterocycles. The molecule has 0 aliphatic carbocycles. The summed E-state index contributed by atoms with van der Waals surface area (Å²) in [6, 6.07) is 23.7. The molecule has 0 spiro atoms. The minimum absolute atomic E-state index is 0.159. The number of rotatable bonds is 12. The Morgan fingerprint density at radius 2 is 1.68 bits per heavy atom. The molecule has 1 unspecified atom stereocenters. The fourth-order valence-electron chi connectivity index (χ4n) is 5.54. The molecule has 244 valence electrons. The van der Waals surface area contributed by atoms with E-state index in [-0.39, 0.29) is 6.61 Å². The summed E-state index contributed by atoms with van der Waals surface area (Å²) in [6.07, 6.45) is 3.97. The maximum Gasteiger partial charge on any atom is 0.352 e. The first-order valence-corrected chi connectivity index (χ1v) is 16.3. The Hall–Kier alpha value is -4.98. The Labute approximate surface area is 276 Å². The summed E-state index contributed by atoms with van der Waals surface area (Å²) in [5, 5.41) is 0. The van der Waals surface area contributed by atoms with Crippen LogP contribution in [0.2, 0.25) is 0 Å². The second kappa shape index (κ2) is 14.6. The van der Waals surface area contributed by atoms with Crippen LogP contribution in [0.4, 0.5) is 0 Å². The molecular formula is C39H44N3O5+. The standard InChI is InChI=1S/C39H43N3O5/c1-7-13-30-22-27(18-19-32(30)46-35(29-16-10-9-11-17-29)38(44)47-39(4,5)6)20-26-14-12-15-28(21-26)24-45-37(43)31-23-40-36-34(25(31)3)41-33(8-2)42-36/h9-12,14-19,21-23,35H,7-8,13,20,24H2,1-6H3,(H,40,41,42)/p+1. The minimum Gasteiger partial charge on any atom is -0.474 e. The highest BCUT2D eigenvalue weighted by Gasteiger charge is 2.29. The van der Waals surface area contributed by atoms with Crippen LogP contribution in [0.5, 0.6) is 5.75 Å². The second-order valence-electron chi connectivity index (χ2n) is 12.8. The van der Waals surface area contributed by atoms with Crippen molar-refractivity contribution in [3.63, 3.8) is 0 Å². The summed E-state index contributed by atoms with van der Waals surface area (Å²) in [5.41, 5.74) is 7.09. The molecule has 0 saturated heterocycles. The van der Waals surface area contributed by atoms with Gasteiger partial charge < -0.3 is 19.2 Å². The van der Waals surface area contributed by atoms with E-state index in [2.05, 4.69) is 40.1 Å². The van der Waals surface area contributed by atoms with E-state index in [4.69, 9.17) is 14.2 Å². The van der Waals surface area contributed by atoms with Crippen LogP contribution in [0.3, 0.4) is 0 Å². The molecule has 8 nitrogen and oxygen atoms in total. The van der Waals surface area contributed by atoms with Crippen molar-refractivity contribution in [3.05, 3.63) is 124 Å². The van der Waals surface area contributed by atoms with E-state index in [1.165, 1.54) is 0 Å². The summed E-state index contributed by atoms with van der Waals surface area (Å²) in [6.45, 7) is 11.8. The van der Waals surface area contributed by atoms with Crippen LogP contribution in [0.15, 0.2) is 79.0 Å². The summed E-state index contributed by atoms with van der Waals surface area (Å²) in [4.78, 5) is 37.2. The van der Waals surface area contributed by atoms with Gasteiger partial charge in [0.15, 0.2) is 0 Å². The molecule has 0 saturated carbocycles. The quantitative estimate of drug-likeness (QED) is 0.142. The maximum atomic E-state index is 13.2. The van der Waals surface area contributed by atoms with Crippen LogP contribution >= 0.6 is 0 Å². The van der Waals surface area contributed by atoms with E-state index in [9.17, 15) is 9.59 Å². The third kappa shape index (κ3) is 8.44. The molecule has 1 atom stereocenters. The lowest BCUT2D eigenvalue weighted by atomic mass is 9.99. The predicted octanol–water partition coefficient (Wildman–Crippen LogP) is 7.61. The maximum absolute atomic E-state index is 13.2. The first-order chi connectivity index (χ1) is 22.5. The summed E-state index contributed by atoms with van der Waals surface area (Å²) < 4.78 is 17.9. The number of esters is 2. The Balaban J connectivity index is 1.29. The SMILES string of the molecule is CCCc1cc(Cc2cccc(COC(=O)c3c[nH+]c4nc(CC)[nH]c4c3C)c2)ccc1OC(C(=O)OC(C)(C)C)c1ccccc1. The molecule has 0 fully saturated rings. The summed E-state index contributed by atoms with van der Waals surface area (Å²) in [5.74, 6) is 0.720. The molecule has 0 bridgehead atoms. The lowest BCUT2D eigenvalue weighted by molar-refractivity contribution is -0.347. The third-order valence-corrected chi connectivity index (χ3v) is 7.82. The van der Waals surface area contributed by atoms with Crippen LogP contribution < -0.4 is 9.72 Å². The molecule has 5 aromatic rings. The molecule has 47 heavy (non-hydrogen) atoms. The topological polar surface area (TPSA) is 105 Å². The Bertz CT molecular complexity index is 1860. The number of ether oxygens (including phenoxy) is 3. The molecule has 0 aliphatic rings. The van der Waals surface area contributed by atoms with Crippen LogP contribution in [0.1, 0.15) is 96.7 Å². The average Bonchev–Trinajstić information content (AvgIpc) is 3.48. The van der Waals surface area contributed by atoms with E-state index in [1.54, 1.807) is 6.20 Å². The number of fused-ring (bicyclic) bond motifs is 1. The highest BCUT2D eigenvalue weighted by Crippen LogP contribution is 2.30. The number of nitrogens with zero attached hydrogens (tertiary/aromatic N) is 1. The van der Waals surface area contributed by atoms with Crippen molar-refractivity contribution in [2.24, 2.45) is 0 Å². The van der Waals surface area contributed by atoms with Gasteiger partial charge in [-0.05, 0) is 79.4 Å². The van der Waals surface area contributed by atoms with Crippen molar-refractivity contribution in [2.45, 2.75) is 85.5 Å². The van der Waals surface area contributed by atoms with Gasteiger partial charge in [-0.25, -0.2) is 14.6 Å². The summed E-state index contributed by atoms with van der Waals surface area (Å²) >= 11 is 0. The van der Waals surface area contributed by atoms with Crippen molar-refractivity contribution in [3.8, 4) is 5.75 Å². The van der Waals surface area contributed by atoms with Crippen molar-refractivity contribution in [1.29, 1.82) is 0 Å². The number of aryl methyl sites for hydroxylation is 3. The van der Waals surface area contributed by atoms with Crippen LogP contribution in [0.25, 0.3) is 11.2 Å². The largest absolute Gasteiger partial charge is 0.474 e. The number of imidazole rings is 1. The number of H-pyrrole nitrogens is 2. The van der Waals surface area contributed by atoms with Gasteiger partial charge in [-0.15, -0.1) is 0 Å². The number of pyridine rings is 1. The van der Waals surface area contributed by atoms with E-state index >= 15 is 0 Å². The fourth-order valence-corrected chi connectivity index (χ4v) is 5.54. The zero-order valence-corrected chi connectivity index (χ0v) is 28.1.